The molecule has 2 rings (SSSR count). The van der Waals surface area contributed by atoms with Gasteiger partial charge in [0.1, 0.15) is 5.70 Å². The van der Waals surface area contributed by atoms with Gasteiger partial charge in [-0.15, -0.1) is 0 Å². The number of para-hydroxylation sites is 1. The van der Waals surface area contributed by atoms with E-state index < -0.39 is 11.6 Å². The fourth-order valence-electron chi connectivity index (χ4n) is 1.59. The molecule has 0 aromatic heterocycles. The summed E-state index contributed by atoms with van der Waals surface area (Å²) in [5.41, 5.74) is 1.76. The predicted octanol–water partition coefficient (Wildman–Crippen LogP) is 1.24. The van der Waals surface area contributed by atoms with Crippen LogP contribution in [0.3, 0.4) is 0 Å². The lowest BCUT2D eigenvalue weighted by Gasteiger charge is -2.15. The zero-order chi connectivity index (χ0) is 12.3. The maximum atomic E-state index is 11.6. The summed E-state index contributed by atoms with van der Waals surface area (Å²) >= 11 is 0. The van der Waals surface area contributed by atoms with E-state index in [1.165, 1.54) is 6.08 Å². The molecule has 0 heterocycles. The van der Waals surface area contributed by atoms with Gasteiger partial charge in [-0.1, -0.05) is 18.2 Å². The van der Waals surface area contributed by atoms with Crippen LogP contribution in [0.15, 0.2) is 53.9 Å². The molecule has 1 aromatic carbocycles. The molecule has 0 aliphatic heterocycles. The number of likely N-dealkylation sites (N-methyl/N-ethyl adjacent to an activating group) is 1. The van der Waals surface area contributed by atoms with Crippen molar-refractivity contribution in [2.45, 2.75) is 0 Å². The average molecular weight is 228 g/mol. The Balaban J connectivity index is 2.31. The fraction of sp³-hybridized carbons (Fsp3) is 0.0769. The molecule has 0 radical (unpaired) electrons. The summed E-state index contributed by atoms with van der Waals surface area (Å²) in [6, 6.07) is 9.46. The molecular formula is C13H12N2O2. The molecule has 1 aliphatic carbocycles. The van der Waals surface area contributed by atoms with E-state index in [2.05, 4.69) is 10.6 Å². The molecule has 0 saturated heterocycles. The van der Waals surface area contributed by atoms with E-state index in [1.807, 2.05) is 30.3 Å². The monoisotopic (exact) mass is 228 g/mol. The fourth-order valence-corrected chi connectivity index (χ4v) is 1.59. The first-order valence-electron chi connectivity index (χ1n) is 5.23. The summed E-state index contributed by atoms with van der Waals surface area (Å²) in [6.07, 6.45) is 2.87. The standard InChI is InChI=1S/C13H12N2O2/c1-14-12-10(7-8-11(16)13(12)17)15-9-5-3-2-4-6-9/h2-8,14-15H,1H3. The highest BCUT2D eigenvalue weighted by Gasteiger charge is 2.22. The Morgan fingerprint density at radius 1 is 1.00 bits per heavy atom. The van der Waals surface area contributed by atoms with Crippen molar-refractivity contribution in [1.82, 2.24) is 5.32 Å². The predicted molar refractivity (Wildman–Crippen MR) is 65.3 cm³/mol. The van der Waals surface area contributed by atoms with E-state index in [-0.39, 0.29) is 0 Å². The Bertz CT molecular complexity index is 515. The smallest absolute Gasteiger partial charge is 0.250 e. The maximum absolute atomic E-state index is 11.6. The second kappa shape index (κ2) is 4.65. The van der Waals surface area contributed by atoms with Gasteiger partial charge in [0.2, 0.25) is 5.78 Å². The number of ketones is 2. The van der Waals surface area contributed by atoms with Crippen molar-refractivity contribution >= 4 is 17.3 Å². The second-order valence-electron chi connectivity index (χ2n) is 3.56. The molecule has 0 amide bonds. The van der Waals surface area contributed by atoms with E-state index in [0.717, 1.165) is 5.69 Å². The Morgan fingerprint density at radius 3 is 2.35 bits per heavy atom. The number of anilines is 1. The van der Waals surface area contributed by atoms with Gasteiger partial charge in [-0.05, 0) is 24.3 Å². The topological polar surface area (TPSA) is 58.2 Å². The number of carbonyl (C=O) groups is 2. The quantitative estimate of drug-likeness (QED) is 0.603. The van der Waals surface area contributed by atoms with Gasteiger partial charge in [-0.25, -0.2) is 0 Å². The molecule has 86 valence electrons. The molecule has 0 atom stereocenters. The SMILES string of the molecule is CNC1=C(Nc2ccccc2)C=CC(=O)C1=O. The van der Waals surface area contributed by atoms with Crippen LogP contribution in [0.4, 0.5) is 5.69 Å². The van der Waals surface area contributed by atoms with E-state index in [0.29, 0.717) is 11.4 Å². The number of hydrogen-bond acceptors (Lipinski definition) is 4. The lowest BCUT2D eigenvalue weighted by Crippen LogP contribution is -2.28. The van der Waals surface area contributed by atoms with Gasteiger partial charge in [0, 0.05) is 12.7 Å². The normalized spacial score (nSPS) is 15.1. The number of benzene rings is 1. The molecule has 0 saturated carbocycles. The third kappa shape index (κ3) is 2.25. The van der Waals surface area contributed by atoms with Crippen molar-refractivity contribution in [1.29, 1.82) is 0 Å². The minimum absolute atomic E-state index is 0.293. The number of carbonyl (C=O) groups excluding carboxylic acids is 2. The summed E-state index contributed by atoms with van der Waals surface area (Å²) in [5.74, 6) is -1.03. The zero-order valence-corrected chi connectivity index (χ0v) is 9.36. The van der Waals surface area contributed by atoms with Crippen molar-refractivity contribution in [3.05, 3.63) is 53.9 Å². The minimum Gasteiger partial charge on any atom is -0.383 e. The van der Waals surface area contributed by atoms with Gasteiger partial charge in [-0.2, -0.15) is 0 Å². The molecule has 1 aromatic rings. The maximum Gasteiger partial charge on any atom is 0.250 e. The Kier molecular flexibility index (Phi) is 3.05. The third-order valence-electron chi connectivity index (χ3n) is 2.42. The number of rotatable bonds is 3. The van der Waals surface area contributed by atoms with Gasteiger partial charge < -0.3 is 10.6 Å². The van der Waals surface area contributed by atoms with Gasteiger partial charge in [0.15, 0.2) is 0 Å². The van der Waals surface area contributed by atoms with Gasteiger partial charge >= 0.3 is 0 Å². The summed E-state index contributed by atoms with van der Waals surface area (Å²) < 4.78 is 0. The molecule has 1 aliphatic rings. The van der Waals surface area contributed by atoms with E-state index in [4.69, 9.17) is 0 Å². The van der Waals surface area contributed by atoms with Crippen LogP contribution in [-0.2, 0) is 9.59 Å². The van der Waals surface area contributed by atoms with Crippen molar-refractivity contribution in [2.24, 2.45) is 0 Å². The van der Waals surface area contributed by atoms with E-state index >= 15 is 0 Å². The summed E-state index contributed by atoms with van der Waals surface area (Å²) in [4.78, 5) is 22.8. The zero-order valence-electron chi connectivity index (χ0n) is 9.36. The van der Waals surface area contributed by atoms with Crippen molar-refractivity contribution in [2.75, 3.05) is 12.4 Å². The molecule has 17 heavy (non-hydrogen) atoms. The molecule has 0 unspecified atom stereocenters. The van der Waals surface area contributed by atoms with Crippen molar-refractivity contribution < 1.29 is 9.59 Å². The van der Waals surface area contributed by atoms with Crippen molar-refractivity contribution in [3.63, 3.8) is 0 Å². The summed E-state index contributed by atoms with van der Waals surface area (Å²) in [6.45, 7) is 0. The van der Waals surface area contributed by atoms with Gasteiger partial charge in [0.05, 0.1) is 5.70 Å². The lowest BCUT2D eigenvalue weighted by molar-refractivity contribution is -0.131. The minimum atomic E-state index is -0.520. The van der Waals surface area contributed by atoms with Crippen LogP contribution in [0.2, 0.25) is 0 Å². The van der Waals surface area contributed by atoms with Crippen LogP contribution in [0.1, 0.15) is 0 Å². The van der Waals surface area contributed by atoms with Crippen LogP contribution in [0.25, 0.3) is 0 Å². The molecular weight excluding hydrogens is 216 g/mol. The van der Waals surface area contributed by atoms with E-state index in [9.17, 15) is 9.59 Å². The second-order valence-corrected chi connectivity index (χ2v) is 3.56. The van der Waals surface area contributed by atoms with Crippen molar-refractivity contribution in [3.8, 4) is 0 Å². The first-order chi connectivity index (χ1) is 8.22. The molecule has 2 N–H and O–H groups in total. The lowest BCUT2D eigenvalue weighted by atomic mass is 10.1. The third-order valence-corrected chi connectivity index (χ3v) is 2.42. The Morgan fingerprint density at radius 2 is 1.71 bits per heavy atom. The number of Topliss-reactive ketones (excluding diaryl/α,β-unsaturated/α-hetero) is 1. The summed E-state index contributed by atoms with van der Waals surface area (Å²) in [5, 5.41) is 5.84. The Hall–Kier alpha value is -2.36. The van der Waals surface area contributed by atoms with Gasteiger partial charge in [0.25, 0.3) is 5.78 Å². The number of hydrogen-bond donors (Lipinski definition) is 2. The van der Waals surface area contributed by atoms with E-state index in [1.54, 1.807) is 13.1 Å². The average Bonchev–Trinajstić information content (AvgIpc) is 2.36. The molecule has 0 bridgehead atoms. The Labute approximate surface area is 99.0 Å². The first-order valence-corrected chi connectivity index (χ1v) is 5.23. The van der Waals surface area contributed by atoms with Crippen LogP contribution >= 0.6 is 0 Å². The largest absolute Gasteiger partial charge is 0.383 e. The number of nitrogens with one attached hydrogen (secondary N) is 2. The summed E-state index contributed by atoms with van der Waals surface area (Å²) in [7, 11) is 1.62. The van der Waals surface area contributed by atoms with Crippen LogP contribution in [0, 0.1) is 0 Å². The molecule has 0 spiro atoms. The molecule has 4 heteroatoms. The molecule has 0 fully saturated rings. The first kappa shape index (κ1) is 11.1. The highest BCUT2D eigenvalue weighted by Crippen LogP contribution is 2.15. The van der Waals surface area contributed by atoms with Crippen LogP contribution in [0.5, 0.6) is 0 Å². The van der Waals surface area contributed by atoms with Crippen LogP contribution < -0.4 is 10.6 Å². The highest BCUT2D eigenvalue weighted by atomic mass is 16.2. The highest BCUT2D eigenvalue weighted by molar-refractivity contribution is 6.48. The molecule has 4 nitrogen and oxygen atoms in total. The van der Waals surface area contributed by atoms with Gasteiger partial charge in [-0.3, -0.25) is 9.59 Å². The van der Waals surface area contributed by atoms with Crippen LogP contribution in [-0.4, -0.2) is 18.6 Å². The number of allylic oxidation sites excluding steroid dienone is 3.